The molecule has 1 aromatic heterocycles. The zero-order chi connectivity index (χ0) is 17.2. The van der Waals surface area contributed by atoms with Gasteiger partial charge in [0, 0.05) is 24.3 Å². The highest BCUT2D eigenvalue weighted by Crippen LogP contribution is 2.24. The predicted octanol–water partition coefficient (Wildman–Crippen LogP) is 3.24. The van der Waals surface area contributed by atoms with Crippen LogP contribution in [-0.2, 0) is 4.79 Å². The Morgan fingerprint density at radius 1 is 1.08 bits per heavy atom. The standard InChI is InChI=1S/C16H15F3N4O/c17-16(18,19)15(24)20-12-5-3-4-11(10-12)13-6-7-14(22-21-13)23-8-1-2-9-23/h3-7,10H,1-2,8-9H2,(H,20,24). The Balaban J connectivity index is 1.77. The number of hydrogen-bond donors (Lipinski definition) is 1. The molecule has 3 rings (SSSR count). The van der Waals surface area contributed by atoms with Crippen LogP contribution in [0.15, 0.2) is 36.4 Å². The van der Waals surface area contributed by atoms with Gasteiger partial charge in [-0.25, -0.2) is 0 Å². The predicted molar refractivity (Wildman–Crippen MR) is 83.6 cm³/mol. The monoisotopic (exact) mass is 336 g/mol. The number of nitrogens with zero attached hydrogens (tertiary/aromatic N) is 3. The summed E-state index contributed by atoms with van der Waals surface area (Å²) in [5.41, 5.74) is 1.16. The second-order valence-electron chi connectivity index (χ2n) is 5.50. The van der Waals surface area contributed by atoms with Gasteiger partial charge in [-0.15, -0.1) is 10.2 Å². The Labute approximate surface area is 136 Å². The van der Waals surface area contributed by atoms with Crippen LogP contribution in [0.1, 0.15) is 12.8 Å². The van der Waals surface area contributed by atoms with Gasteiger partial charge in [0.05, 0.1) is 5.69 Å². The Morgan fingerprint density at radius 2 is 1.83 bits per heavy atom. The van der Waals surface area contributed by atoms with Crippen molar-refractivity contribution in [3.63, 3.8) is 0 Å². The number of carbonyl (C=O) groups is 1. The van der Waals surface area contributed by atoms with Gasteiger partial charge < -0.3 is 10.2 Å². The van der Waals surface area contributed by atoms with Gasteiger partial charge in [-0.1, -0.05) is 12.1 Å². The first kappa shape index (κ1) is 16.2. The molecular weight excluding hydrogens is 321 g/mol. The van der Waals surface area contributed by atoms with Gasteiger partial charge in [0.2, 0.25) is 0 Å². The molecule has 0 aliphatic carbocycles. The average molecular weight is 336 g/mol. The summed E-state index contributed by atoms with van der Waals surface area (Å²) in [4.78, 5) is 13.1. The first-order valence-corrected chi connectivity index (χ1v) is 7.51. The molecular formula is C16H15F3N4O. The van der Waals surface area contributed by atoms with Gasteiger partial charge in [0.15, 0.2) is 5.82 Å². The number of anilines is 2. The van der Waals surface area contributed by atoms with Crippen LogP contribution >= 0.6 is 0 Å². The highest BCUT2D eigenvalue weighted by molar-refractivity contribution is 5.95. The lowest BCUT2D eigenvalue weighted by Gasteiger charge is -2.15. The summed E-state index contributed by atoms with van der Waals surface area (Å²) in [7, 11) is 0. The van der Waals surface area contributed by atoms with Crippen molar-refractivity contribution in [2.75, 3.05) is 23.3 Å². The summed E-state index contributed by atoms with van der Waals surface area (Å²) in [6, 6.07) is 9.68. The molecule has 1 fully saturated rings. The van der Waals surface area contributed by atoms with E-state index in [1.807, 2.05) is 11.4 Å². The molecule has 2 heterocycles. The largest absolute Gasteiger partial charge is 0.471 e. The Bertz CT molecular complexity index is 725. The van der Waals surface area contributed by atoms with Crippen molar-refractivity contribution in [2.45, 2.75) is 19.0 Å². The summed E-state index contributed by atoms with van der Waals surface area (Å²) in [6.45, 7) is 1.90. The van der Waals surface area contributed by atoms with Gasteiger partial charge in [-0.05, 0) is 37.1 Å². The third-order valence-corrected chi connectivity index (χ3v) is 3.75. The molecule has 1 amide bonds. The van der Waals surface area contributed by atoms with E-state index in [-0.39, 0.29) is 5.69 Å². The second-order valence-corrected chi connectivity index (χ2v) is 5.50. The number of nitrogens with one attached hydrogen (secondary N) is 1. The molecule has 5 nitrogen and oxygen atoms in total. The number of amides is 1. The molecule has 2 aromatic rings. The van der Waals surface area contributed by atoms with Crippen LogP contribution in [0.3, 0.4) is 0 Å². The molecule has 1 aromatic carbocycles. The molecule has 0 atom stereocenters. The van der Waals surface area contributed by atoms with Gasteiger partial charge in [0.25, 0.3) is 0 Å². The van der Waals surface area contributed by atoms with E-state index in [0.717, 1.165) is 31.7 Å². The Morgan fingerprint density at radius 3 is 2.46 bits per heavy atom. The number of rotatable bonds is 3. The van der Waals surface area contributed by atoms with Crippen molar-refractivity contribution in [3.8, 4) is 11.3 Å². The van der Waals surface area contributed by atoms with Crippen LogP contribution in [0.5, 0.6) is 0 Å². The average Bonchev–Trinajstić information content (AvgIpc) is 3.09. The van der Waals surface area contributed by atoms with Crippen LogP contribution in [-0.4, -0.2) is 35.4 Å². The number of carbonyl (C=O) groups excluding carboxylic acids is 1. The summed E-state index contributed by atoms with van der Waals surface area (Å²) < 4.78 is 36.9. The number of alkyl halides is 3. The quantitative estimate of drug-likeness (QED) is 0.935. The highest BCUT2D eigenvalue weighted by atomic mass is 19.4. The van der Waals surface area contributed by atoms with Crippen LogP contribution in [0, 0.1) is 0 Å². The number of hydrogen-bond acceptors (Lipinski definition) is 4. The molecule has 24 heavy (non-hydrogen) atoms. The summed E-state index contributed by atoms with van der Waals surface area (Å²) >= 11 is 0. The van der Waals surface area contributed by atoms with Crippen molar-refractivity contribution in [3.05, 3.63) is 36.4 Å². The lowest BCUT2D eigenvalue weighted by atomic mass is 10.1. The van der Waals surface area contributed by atoms with Crippen molar-refractivity contribution in [1.82, 2.24) is 10.2 Å². The van der Waals surface area contributed by atoms with E-state index in [1.165, 1.54) is 12.1 Å². The van der Waals surface area contributed by atoms with E-state index >= 15 is 0 Å². The topological polar surface area (TPSA) is 58.1 Å². The Kier molecular flexibility index (Phi) is 4.37. The van der Waals surface area contributed by atoms with Crippen LogP contribution < -0.4 is 10.2 Å². The SMILES string of the molecule is O=C(Nc1cccc(-c2ccc(N3CCCC3)nn2)c1)C(F)(F)F. The minimum atomic E-state index is -4.92. The van der Waals surface area contributed by atoms with Crippen molar-refractivity contribution in [1.29, 1.82) is 0 Å². The molecule has 1 N–H and O–H groups in total. The maximum Gasteiger partial charge on any atom is 0.471 e. The first-order chi connectivity index (χ1) is 11.4. The molecule has 0 unspecified atom stereocenters. The molecule has 1 saturated heterocycles. The van der Waals surface area contributed by atoms with Gasteiger partial charge in [-0.2, -0.15) is 13.2 Å². The van der Waals surface area contributed by atoms with Crippen molar-refractivity contribution < 1.29 is 18.0 Å². The number of benzene rings is 1. The van der Waals surface area contributed by atoms with Crippen LogP contribution in [0.4, 0.5) is 24.7 Å². The number of halogens is 3. The van der Waals surface area contributed by atoms with E-state index in [2.05, 4.69) is 15.1 Å². The van der Waals surface area contributed by atoms with E-state index in [0.29, 0.717) is 11.3 Å². The molecule has 0 spiro atoms. The number of aromatic nitrogens is 2. The molecule has 0 bridgehead atoms. The summed E-state index contributed by atoms with van der Waals surface area (Å²) in [5.74, 6) is -1.21. The molecule has 0 saturated carbocycles. The van der Waals surface area contributed by atoms with Gasteiger partial charge in [-0.3, -0.25) is 4.79 Å². The lowest BCUT2D eigenvalue weighted by Crippen LogP contribution is -2.29. The first-order valence-electron chi connectivity index (χ1n) is 7.51. The molecule has 0 radical (unpaired) electrons. The molecule has 126 valence electrons. The summed E-state index contributed by atoms with van der Waals surface area (Å²) in [5, 5.41) is 10.1. The van der Waals surface area contributed by atoms with Crippen LogP contribution in [0.25, 0.3) is 11.3 Å². The zero-order valence-electron chi connectivity index (χ0n) is 12.7. The fourth-order valence-electron chi connectivity index (χ4n) is 2.55. The zero-order valence-corrected chi connectivity index (χ0v) is 12.7. The second kappa shape index (κ2) is 6.46. The van der Waals surface area contributed by atoms with E-state index in [1.54, 1.807) is 18.2 Å². The fourth-order valence-corrected chi connectivity index (χ4v) is 2.55. The van der Waals surface area contributed by atoms with Gasteiger partial charge >= 0.3 is 12.1 Å². The van der Waals surface area contributed by atoms with Crippen molar-refractivity contribution >= 4 is 17.4 Å². The normalized spacial score (nSPS) is 14.7. The third kappa shape index (κ3) is 3.64. The van der Waals surface area contributed by atoms with Crippen LogP contribution in [0.2, 0.25) is 0 Å². The molecule has 8 heteroatoms. The summed E-state index contributed by atoms with van der Waals surface area (Å²) in [6.07, 6.45) is -2.66. The highest BCUT2D eigenvalue weighted by Gasteiger charge is 2.38. The third-order valence-electron chi connectivity index (χ3n) is 3.75. The fraction of sp³-hybridized carbons (Fsp3) is 0.312. The molecule has 1 aliphatic heterocycles. The molecule has 1 aliphatic rings. The lowest BCUT2D eigenvalue weighted by molar-refractivity contribution is -0.167. The van der Waals surface area contributed by atoms with Crippen molar-refractivity contribution in [2.24, 2.45) is 0 Å². The maximum absolute atomic E-state index is 12.3. The van der Waals surface area contributed by atoms with E-state index in [9.17, 15) is 18.0 Å². The minimum absolute atomic E-state index is 0.0558. The van der Waals surface area contributed by atoms with Gasteiger partial charge in [0.1, 0.15) is 0 Å². The van der Waals surface area contributed by atoms with E-state index < -0.39 is 12.1 Å². The smallest absolute Gasteiger partial charge is 0.355 e. The maximum atomic E-state index is 12.3. The minimum Gasteiger partial charge on any atom is -0.355 e. The van der Waals surface area contributed by atoms with E-state index in [4.69, 9.17) is 0 Å². The Hall–Kier alpha value is -2.64.